The lowest BCUT2D eigenvalue weighted by atomic mass is 10.1. The van der Waals surface area contributed by atoms with Crippen LogP contribution in [0, 0.1) is 0 Å². The SMILES string of the molecule is COCCc1noc(-c2ccccc2OC2CN(C(=O)Cc3cccnc3)C2)n1. The van der Waals surface area contributed by atoms with Crippen LogP contribution in [0.4, 0.5) is 0 Å². The zero-order chi connectivity index (χ0) is 20.1. The number of methoxy groups -OCH3 is 1. The summed E-state index contributed by atoms with van der Waals surface area (Å²) in [6, 6.07) is 11.3. The highest BCUT2D eigenvalue weighted by Gasteiger charge is 2.32. The minimum Gasteiger partial charge on any atom is -0.486 e. The lowest BCUT2D eigenvalue weighted by molar-refractivity contribution is -0.139. The van der Waals surface area contributed by atoms with Crippen LogP contribution >= 0.6 is 0 Å². The number of hydrogen-bond acceptors (Lipinski definition) is 7. The second kappa shape index (κ2) is 8.83. The molecule has 1 amide bonds. The first-order valence-electron chi connectivity index (χ1n) is 9.47. The van der Waals surface area contributed by atoms with E-state index in [1.807, 2.05) is 36.4 Å². The minimum absolute atomic E-state index is 0.0649. The summed E-state index contributed by atoms with van der Waals surface area (Å²) in [6.07, 6.45) is 4.28. The van der Waals surface area contributed by atoms with Gasteiger partial charge in [0.2, 0.25) is 5.91 Å². The Morgan fingerprint density at radius 2 is 2.10 bits per heavy atom. The monoisotopic (exact) mass is 394 g/mol. The van der Waals surface area contributed by atoms with E-state index in [9.17, 15) is 4.79 Å². The van der Waals surface area contributed by atoms with Gasteiger partial charge in [-0.1, -0.05) is 23.4 Å². The van der Waals surface area contributed by atoms with Crippen molar-refractivity contribution in [1.82, 2.24) is 20.0 Å². The number of ether oxygens (including phenoxy) is 2. The van der Waals surface area contributed by atoms with Gasteiger partial charge in [-0.25, -0.2) is 0 Å². The molecular formula is C21H22N4O4. The van der Waals surface area contributed by atoms with Gasteiger partial charge < -0.3 is 18.9 Å². The lowest BCUT2D eigenvalue weighted by Gasteiger charge is -2.39. The van der Waals surface area contributed by atoms with Crippen molar-refractivity contribution >= 4 is 5.91 Å². The van der Waals surface area contributed by atoms with E-state index in [1.54, 1.807) is 24.4 Å². The van der Waals surface area contributed by atoms with Crippen molar-refractivity contribution in [3.8, 4) is 17.2 Å². The molecule has 1 aliphatic rings. The van der Waals surface area contributed by atoms with E-state index in [2.05, 4.69) is 15.1 Å². The van der Waals surface area contributed by atoms with E-state index >= 15 is 0 Å². The number of likely N-dealkylation sites (tertiary alicyclic amines) is 1. The molecule has 3 heterocycles. The van der Waals surface area contributed by atoms with Gasteiger partial charge in [-0.05, 0) is 23.8 Å². The van der Waals surface area contributed by atoms with Crippen LogP contribution in [0.15, 0.2) is 53.3 Å². The van der Waals surface area contributed by atoms with Gasteiger partial charge in [0, 0.05) is 25.9 Å². The molecule has 1 aromatic carbocycles. The first-order valence-corrected chi connectivity index (χ1v) is 9.47. The van der Waals surface area contributed by atoms with Gasteiger partial charge in [0.1, 0.15) is 11.9 Å². The topological polar surface area (TPSA) is 90.6 Å². The maximum atomic E-state index is 12.4. The number of pyridine rings is 1. The van der Waals surface area contributed by atoms with Crippen molar-refractivity contribution < 1.29 is 18.8 Å². The highest BCUT2D eigenvalue weighted by Crippen LogP contribution is 2.30. The molecule has 2 aromatic heterocycles. The highest BCUT2D eigenvalue weighted by atomic mass is 16.5. The van der Waals surface area contributed by atoms with Gasteiger partial charge in [0.15, 0.2) is 5.82 Å². The van der Waals surface area contributed by atoms with E-state index in [0.29, 0.717) is 50.0 Å². The maximum absolute atomic E-state index is 12.4. The van der Waals surface area contributed by atoms with Crippen LogP contribution in [0.25, 0.3) is 11.5 Å². The van der Waals surface area contributed by atoms with Gasteiger partial charge in [0.25, 0.3) is 5.89 Å². The summed E-state index contributed by atoms with van der Waals surface area (Å²) in [7, 11) is 1.63. The summed E-state index contributed by atoms with van der Waals surface area (Å²) in [5, 5.41) is 3.98. The Hall–Kier alpha value is -3.26. The van der Waals surface area contributed by atoms with E-state index < -0.39 is 0 Å². The summed E-state index contributed by atoms with van der Waals surface area (Å²) in [6.45, 7) is 1.63. The molecule has 8 heteroatoms. The van der Waals surface area contributed by atoms with Crippen molar-refractivity contribution in [3.63, 3.8) is 0 Å². The van der Waals surface area contributed by atoms with Gasteiger partial charge in [0.05, 0.1) is 31.7 Å². The van der Waals surface area contributed by atoms with Crippen molar-refractivity contribution in [3.05, 3.63) is 60.2 Å². The Morgan fingerprint density at radius 1 is 1.24 bits per heavy atom. The van der Waals surface area contributed by atoms with Crippen LogP contribution in [0.1, 0.15) is 11.4 Å². The number of carbonyl (C=O) groups is 1. The molecule has 0 saturated carbocycles. The van der Waals surface area contributed by atoms with E-state index in [4.69, 9.17) is 14.0 Å². The third kappa shape index (κ3) is 4.60. The predicted octanol–water partition coefficient (Wildman–Crippen LogP) is 2.15. The molecule has 4 rings (SSSR count). The number of benzene rings is 1. The maximum Gasteiger partial charge on any atom is 0.261 e. The smallest absolute Gasteiger partial charge is 0.261 e. The number of hydrogen-bond donors (Lipinski definition) is 0. The van der Waals surface area contributed by atoms with Gasteiger partial charge in [-0.15, -0.1) is 0 Å². The average molecular weight is 394 g/mol. The summed E-state index contributed by atoms with van der Waals surface area (Å²) >= 11 is 0. The van der Waals surface area contributed by atoms with Crippen LogP contribution in [-0.4, -0.2) is 58.8 Å². The van der Waals surface area contributed by atoms with Crippen LogP contribution in [0.3, 0.4) is 0 Å². The molecule has 0 spiro atoms. The van der Waals surface area contributed by atoms with Crippen molar-refractivity contribution in [2.24, 2.45) is 0 Å². The highest BCUT2D eigenvalue weighted by molar-refractivity contribution is 5.79. The second-order valence-electron chi connectivity index (χ2n) is 6.83. The third-order valence-corrected chi connectivity index (χ3v) is 4.69. The number of carbonyl (C=O) groups excluding carboxylic acids is 1. The number of aromatic nitrogens is 3. The van der Waals surface area contributed by atoms with Gasteiger partial charge in [-0.2, -0.15) is 4.98 Å². The van der Waals surface area contributed by atoms with Crippen LogP contribution in [-0.2, 0) is 22.4 Å². The summed E-state index contributed by atoms with van der Waals surface area (Å²) < 4.78 is 16.5. The molecule has 1 fully saturated rings. The molecule has 0 atom stereocenters. The number of para-hydroxylation sites is 1. The van der Waals surface area contributed by atoms with E-state index in [0.717, 1.165) is 11.1 Å². The quantitative estimate of drug-likeness (QED) is 0.578. The fourth-order valence-electron chi connectivity index (χ4n) is 3.09. The molecule has 8 nitrogen and oxygen atoms in total. The molecule has 1 saturated heterocycles. The molecule has 0 radical (unpaired) electrons. The standard InChI is InChI=1S/C21H22N4O4/c1-27-10-8-19-23-21(29-24-19)17-6-2-3-7-18(17)28-16-13-25(14-16)20(26)11-15-5-4-9-22-12-15/h2-7,9,12,16H,8,10-11,13-14H2,1H3. The number of nitrogens with zero attached hydrogens (tertiary/aromatic N) is 4. The van der Waals surface area contributed by atoms with Crippen LogP contribution in [0.2, 0.25) is 0 Å². The fraction of sp³-hybridized carbons (Fsp3) is 0.333. The second-order valence-corrected chi connectivity index (χ2v) is 6.83. The first-order chi connectivity index (χ1) is 14.2. The summed E-state index contributed by atoms with van der Waals surface area (Å²) in [5.41, 5.74) is 1.65. The number of rotatable bonds is 8. The molecule has 29 heavy (non-hydrogen) atoms. The predicted molar refractivity (Wildman–Crippen MR) is 104 cm³/mol. The Bertz CT molecular complexity index is 954. The molecular weight excluding hydrogens is 372 g/mol. The molecule has 1 aliphatic heterocycles. The van der Waals surface area contributed by atoms with E-state index in [1.165, 1.54) is 0 Å². The normalized spacial score (nSPS) is 13.9. The average Bonchev–Trinajstić information content (AvgIpc) is 3.18. The van der Waals surface area contributed by atoms with Crippen molar-refractivity contribution in [2.75, 3.05) is 26.8 Å². The zero-order valence-electron chi connectivity index (χ0n) is 16.2. The molecule has 0 aliphatic carbocycles. The lowest BCUT2D eigenvalue weighted by Crippen LogP contribution is -2.56. The number of amides is 1. The Kier molecular flexibility index (Phi) is 5.81. The Morgan fingerprint density at radius 3 is 2.90 bits per heavy atom. The third-order valence-electron chi connectivity index (χ3n) is 4.69. The van der Waals surface area contributed by atoms with Gasteiger partial charge >= 0.3 is 0 Å². The summed E-state index contributed by atoms with van der Waals surface area (Å²) in [4.78, 5) is 22.6. The molecule has 0 N–H and O–H groups in total. The Balaban J connectivity index is 1.35. The minimum atomic E-state index is -0.0649. The summed E-state index contributed by atoms with van der Waals surface area (Å²) in [5.74, 6) is 1.74. The van der Waals surface area contributed by atoms with Gasteiger partial charge in [-0.3, -0.25) is 9.78 Å². The Labute approximate surface area is 168 Å². The zero-order valence-corrected chi connectivity index (χ0v) is 16.2. The molecule has 150 valence electrons. The fourth-order valence-corrected chi connectivity index (χ4v) is 3.09. The largest absolute Gasteiger partial charge is 0.486 e. The van der Waals surface area contributed by atoms with E-state index in [-0.39, 0.29) is 12.0 Å². The first kappa shape index (κ1) is 19.1. The molecule has 0 unspecified atom stereocenters. The van der Waals surface area contributed by atoms with Crippen LogP contribution < -0.4 is 4.74 Å². The van der Waals surface area contributed by atoms with Crippen LogP contribution in [0.5, 0.6) is 5.75 Å². The van der Waals surface area contributed by atoms with Crippen molar-refractivity contribution in [2.45, 2.75) is 18.9 Å². The molecule has 0 bridgehead atoms. The molecule has 3 aromatic rings. The van der Waals surface area contributed by atoms with Crippen molar-refractivity contribution in [1.29, 1.82) is 0 Å².